The minimum absolute atomic E-state index is 0.00444. The van der Waals surface area contributed by atoms with Gasteiger partial charge in [-0.25, -0.2) is 0 Å². The first-order chi connectivity index (χ1) is 11.1. The lowest BCUT2D eigenvalue weighted by Gasteiger charge is -2.19. The fourth-order valence-electron chi connectivity index (χ4n) is 4.93. The van der Waals surface area contributed by atoms with Gasteiger partial charge >= 0.3 is 0 Å². The summed E-state index contributed by atoms with van der Waals surface area (Å²) >= 11 is 0. The van der Waals surface area contributed by atoms with E-state index in [0.717, 1.165) is 6.42 Å². The van der Waals surface area contributed by atoms with Gasteiger partial charge in [-0.1, -0.05) is 30.4 Å². The first-order valence-corrected chi connectivity index (χ1v) is 7.74. The maximum absolute atomic E-state index is 12.9. The van der Waals surface area contributed by atoms with Crippen LogP contribution in [0.5, 0.6) is 5.75 Å². The van der Waals surface area contributed by atoms with Crippen LogP contribution in [0, 0.1) is 27.9 Å². The normalized spacial score (nSPS) is 30.0. The second-order valence-electron chi connectivity index (χ2n) is 6.65. The smallest absolute Gasteiger partial charge is 0.281 e. The molecule has 4 atom stereocenters. The number of nitro groups is 1. The molecular weight excluding hydrogens is 294 g/mol. The average molecular weight is 307 g/mol. The molecule has 0 aliphatic heterocycles. The number of hydrogen-bond acceptors (Lipinski definition) is 4. The molecule has 23 heavy (non-hydrogen) atoms. The van der Waals surface area contributed by atoms with E-state index >= 15 is 0 Å². The molecule has 3 aliphatic carbocycles. The summed E-state index contributed by atoms with van der Waals surface area (Å²) in [7, 11) is 0. The first-order valence-electron chi connectivity index (χ1n) is 7.74. The molecule has 0 saturated heterocycles. The Morgan fingerprint density at radius 1 is 1.09 bits per heavy atom. The highest BCUT2D eigenvalue weighted by Crippen LogP contribution is 2.62. The van der Waals surface area contributed by atoms with Crippen LogP contribution in [-0.2, 0) is 0 Å². The Hall–Kier alpha value is -2.69. The van der Waals surface area contributed by atoms with Crippen LogP contribution >= 0.6 is 0 Å². The summed E-state index contributed by atoms with van der Waals surface area (Å²) < 4.78 is 0. The summed E-state index contributed by atoms with van der Waals surface area (Å²) in [5, 5.41) is 23.2. The molecule has 4 unspecified atom stereocenters. The van der Waals surface area contributed by atoms with E-state index in [9.17, 15) is 20.0 Å². The van der Waals surface area contributed by atoms with Gasteiger partial charge in [-0.05, 0) is 24.3 Å². The number of ketones is 1. The second-order valence-corrected chi connectivity index (χ2v) is 6.65. The van der Waals surface area contributed by atoms with Crippen LogP contribution in [0.4, 0.5) is 5.69 Å². The third-order valence-corrected chi connectivity index (χ3v) is 5.72. The Balaban J connectivity index is 1.94. The number of aromatic hydroxyl groups is 1. The van der Waals surface area contributed by atoms with E-state index in [4.69, 9.17) is 0 Å². The summed E-state index contributed by atoms with van der Waals surface area (Å²) in [6.45, 7) is 0. The Bertz CT molecular complexity index is 946. The van der Waals surface area contributed by atoms with Gasteiger partial charge in [0, 0.05) is 22.8 Å². The van der Waals surface area contributed by atoms with Crippen molar-refractivity contribution >= 4 is 22.2 Å². The van der Waals surface area contributed by atoms with Crippen molar-refractivity contribution in [3.8, 4) is 5.75 Å². The number of rotatable bonds is 1. The van der Waals surface area contributed by atoms with Crippen LogP contribution in [0.3, 0.4) is 0 Å². The number of benzene rings is 2. The fraction of sp³-hybridized carbons (Fsp3) is 0.278. The predicted octanol–water partition coefficient (Wildman–Crippen LogP) is 3.56. The Morgan fingerprint density at radius 2 is 1.74 bits per heavy atom. The van der Waals surface area contributed by atoms with Crippen LogP contribution in [0.2, 0.25) is 0 Å². The molecular formula is C18H13NO4. The standard InChI is InChI=1S/C18H13NO4/c20-17-11-4-2-1-3-10(11)16(19(22)23)14-12-8-5-6-9(7-8)13(12)18(21)15(14)17/h1-6,8-9,12-13,20H,7H2. The quantitative estimate of drug-likeness (QED) is 0.496. The molecule has 1 saturated carbocycles. The van der Waals surface area contributed by atoms with Crippen molar-refractivity contribution in [3.63, 3.8) is 0 Å². The lowest BCUT2D eigenvalue weighted by atomic mass is 9.82. The Kier molecular flexibility index (Phi) is 2.22. The highest BCUT2D eigenvalue weighted by Gasteiger charge is 2.57. The molecule has 2 bridgehead atoms. The lowest BCUT2D eigenvalue weighted by molar-refractivity contribution is -0.383. The molecule has 0 aromatic heterocycles. The topological polar surface area (TPSA) is 80.4 Å². The number of phenolic OH excluding ortho intramolecular Hbond substituents is 1. The molecule has 1 fully saturated rings. The largest absolute Gasteiger partial charge is 0.507 e. The molecule has 5 nitrogen and oxygen atoms in total. The molecule has 2 aromatic rings. The van der Waals surface area contributed by atoms with Crippen LogP contribution < -0.4 is 0 Å². The highest BCUT2D eigenvalue weighted by molar-refractivity contribution is 6.14. The van der Waals surface area contributed by atoms with Gasteiger partial charge in [0.15, 0.2) is 5.78 Å². The van der Waals surface area contributed by atoms with Crippen LogP contribution in [0.1, 0.15) is 28.3 Å². The van der Waals surface area contributed by atoms with E-state index in [0.29, 0.717) is 16.3 Å². The summed E-state index contributed by atoms with van der Waals surface area (Å²) in [5.41, 5.74) is 0.636. The number of carbonyl (C=O) groups is 1. The monoisotopic (exact) mass is 307 g/mol. The second kappa shape index (κ2) is 3.98. The maximum Gasteiger partial charge on any atom is 0.281 e. The van der Waals surface area contributed by atoms with Crippen molar-refractivity contribution < 1.29 is 14.8 Å². The minimum Gasteiger partial charge on any atom is -0.507 e. The molecule has 5 rings (SSSR count). The number of carbonyl (C=O) groups excluding carboxylic acids is 1. The molecule has 5 heteroatoms. The van der Waals surface area contributed by atoms with Crippen molar-refractivity contribution in [2.75, 3.05) is 0 Å². The van der Waals surface area contributed by atoms with E-state index in [-0.39, 0.29) is 46.5 Å². The minimum atomic E-state index is -0.397. The van der Waals surface area contributed by atoms with Gasteiger partial charge in [0.2, 0.25) is 0 Å². The zero-order valence-corrected chi connectivity index (χ0v) is 12.1. The number of phenols is 1. The summed E-state index contributed by atoms with van der Waals surface area (Å²) in [5.74, 6) is -0.334. The van der Waals surface area contributed by atoms with E-state index in [2.05, 4.69) is 12.2 Å². The molecule has 0 spiro atoms. The third-order valence-electron chi connectivity index (χ3n) is 5.72. The van der Waals surface area contributed by atoms with E-state index in [1.807, 2.05) is 0 Å². The number of allylic oxidation sites excluding steroid dienone is 2. The van der Waals surface area contributed by atoms with Crippen molar-refractivity contribution in [3.05, 3.63) is 57.7 Å². The van der Waals surface area contributed by atoms with Crippen molar-refractivity contribution in [2.45, 2.75) is 12.3 Å². The van der Waals surface area contributed by atoms with Gasteiger partial charge < -0.3 is 5.11 Å². The molecule has 0 amide bonds. The molecule has 3 aliphatic rings. The van der Waals surface area contributed by atoms with E-state index in [1.165, 1.54) is 0 Å². The zero-order valence-electron chi connectivity index (χ0n) is 12.1. The SMILES string of the molecule is O=C1c2c(c([N+](=O)[O-])c3ccccc3c2O)C2C3C=CC(C3)C12. The van der Waals surface area contributed by atoms with Crippen molar-refractivity contribution in [1.29, 1.82) is 0 Å². The summed E-state index contributed by atoms with van der Waals surface area (Å²) in [4.78, 5) is 24.3. The lowest BCUT2D eigenvalue weighted by Crippen LogP contribution is -2.18. The molecule has 1 N–H and O–H groups in total. The Labute approximate surface area is 131 Å². The number of Topliss-reactive ketones (excluding diaryl/α,β-unsaturated/α-hetero) is 1. The van der Waals surface area contributed by atoms with Crippen LogP contribution in [0.15, 0.2) is 36.4 Å². The number of hydrogen-bond donors (Lipinski definition) is 1. The predicted molar refractivity (Wildman–Crippen MR) is 83.6 cm³/mol. The maximum atomic E-state index is 12.9. The molecule has 114 valence electrons. The van der Waals surface area contributed by atoms with Crippen LogP contribution in [-0.4, -0.2) is 15.8 Å². The van der Waals surface area contributed by atoms with Gasteiger partial charge in [0.05, 0.1) is 15.9 Å². The highest BCUT2D eigenvalue weighted by atomic mass is 16.6. The number of fused-ring (bicyclic) bond motifs is 8. The third kappa shape index (κ3) is 1.36. The van der Waals surface area contributed by atoms with E-state index in [1.54, 1.807) is 24.3 Å². The van der Waals surface area contributed by atoms with Crippen molar-refractivity contribution in [1.82, 2.24) is 0 Å². The van der Waals surface area contributed by atoms with Gasteiger partial charge in [-0.15, -0.1) is 0 Å². The summed E-state index contributed by atoms with van der Waals surface area (Å²) in [6.07, 6.45) is 5.01. The Morgan fingerprint density at radius 3 is 2.43 bits per heavy atom. The fourth-order valence-corrected chi connectivity index (χ4v) is 4.93. The number of nitrogens with zero attached hydrogens (tertiary/aromatic N) is 1. The van der Waals surface area contributed by atoms with Crippen molar-refractivity contribution in [2.24, 2.45) is 17.8 Å². The van der Waals surface area contributed by atoms with Gasteiger partial charge in [-0.3, -0.25) is 14.9 Å². The average Bonchev–Trinajstić information content (AvgIpc) is 3.21. The van der Waals surface area contributed by atoms with Gasteiger partial charge in [0.25, 0.3) is 5.69 Å². The zero-order chi connectivity index (χ0) is 15.9. The summed E-state index contributed by atoms with van der Waals surface area (Å²) in [6, 6.07) is 6.71. The molecule has 2 aromatic carbocycles. The number of nitro benzene ring substituents is 1. The van der Waals surface area contributed by atoms with Gasteiger partial charge in [0.1, 0.15) is 5.75 Å². The van der Waals surface area contributed by atoms with E-state index < -0.39 is 4.92 Å². The van der Waals surface area contributed by atoms with Crippen LogP contribution in [0.25, 0.3) is 10.8 Å². The first kappa shape index (κ1) is 12.8. The molecule has 0 radical (unpaired) electrons. The molecule has 0 heterocycles. The van der Waals surface area contributed by atoms with Gasteiger partial charge in [-0.2, -0.15) is 0 Å².